The third-order valence-electron chi connectivity index (χ3n) is 2.55. The quantitative estimate of drug-likeness (QED) is 0.490. The standard InChI is InChI=1S/C12H10NO/c1-13-8-14-11-7-6-9-4-2-3-5-10(9)12(11)13/h2-8H,1H3/q+1. The van der Waals surface area contributed by atoms with Crippen molar-refractivity contribution in [1.29, 1.82) is 0 Å². The summed E-state index contributed by atoms with van der Waals surface area (Å²) in [6.45, 7) is 0. The minimum atomic E-state index is 0.936. The van der Waals surface area contributed by atoms with Gasteiger partial charge in [-0.05, 0) is 17.5 Å². The Labute approximate surface area is 81.4 Å². The Morgan fingerprint density at radius 3 is 2.86 bits per heavy atom. The van der Waals surface area contributed by atoms with Crippen LogP contribution < -0.4 is 4.57 Å². The first-order valence-electron chi connectivity index (χ1n) is 4.61. The van der Waals surface area contributed by atoms with E-state index >= 15 is 0 Å². The molecule has 0 aliphatic carbocycles. The number of hydrogen-bond donors (Lipinski definition) is 0. The molecule has 1 aromatic heterocycles. The summed E-state index contributed by atoms with van der Waals surface area (Å²) in [6.07, 6.45) is 1.73. The molecule has 0 amide bonds. The van der Waals surface area contributed by atoms with Gasteiger partial charge in [0.2, 0.25) is 5.58 Å². The summed E-state index contributed by atoms with van der Waals surface area (Å²) in [5, 5.41) is 2.48. The minimum Gasteiger partial charge on any atom is -0.404 e. The molecule has 14 heavy (non-hydrogen) atoms. The highest BCUT2D eigenvalue weighted by Crippen LogP contribution is 2.22. The Balaban J connectivity index is 2.65. The number of nitrogens with zero attached hydrogens (tertiary/aromatic N) is 1. The summed E-state index contributed by atoms with van der Waals surface area (Å²) < 4.78 is 7.43. The van der Waals surface area contributed by atoms with Gasteiger partial charge in [-0.25, -0.2) is 0 Å². The molecular formula is C12H10NO+. The molecule has 0 bridgehead atoms. The molecule has 0 saturated heterocycles. The van der Waals surface area contributed by atoms with Crippen LogP contribution in [-0.2, 0) is 7.05 Å². The van der Waals surface area contributed by atoms with Crippen molar-refractivity contribution in [2.24, 2.45) is 7.05 Å². The fourth-order valence-corrected chi connectivity index (χ4v) is 1.88. The van der Waals surface area contributed by atoms with Crippen molar-refractivity contribution < 1.29 is 8.98 Å². The number of hydrogen-bond acceptors (Lipinski definition) is 1. The zero-order valence-electron chi connectivity index (χ0n) is 7.90. The fourth-order valence-electron chi connectivity index (χ4n) is 1.88. The number of aromatic nitrogens is 1. The second kappa shape index (κ2) is 2.58. The number of benzene rings is 2. The third-order valence-corrected chi connectivity index (χ3v) is 2.55. The zero-order valence-corrected chi connectivity index (χ0v) is 7.90. The lowest BCUT2D eigenvalue weighted by molar-refractivity contribution is -0.649. The minimum absolute atomic E-state index is 0.936. The first-order valence-corrected chi connectivity index (χ1v) is 4.61. The molecular weight excluding hydrogens is 174 g/mol. The summed E-state index contributed by atoms with van der Waals surface area (Å²) in [6, 6.07) is 12.4. The van der Waals surface area contributed by atoms with Crippen LogP contribution in [0.1, 0.15) is 0 Å². The molecule has 3 rings (SSSR count). The lowest BCUT2D eigenvalue weighted by Gasteiger charge is -1.94. The zero-order chi connectivity index (χ0) is 9.54. The lowest BCUT2D eigenvalue weighted by atomic mass is 10.1. The van der Waals surface area contributed by atoms with Crippen molar-refractivity contribution >= 4 is 21.9 Å². The van der Waals surface area contributed by atoms with Crippen molar-refractivity contribution in [1.82, 2.24) is 0 Å². The molecule has 3 aromatic rings. The fraction of sp³-hybridized carbons (Fsp3) is 0.0833. The molecule has 0 spiro atoms. The molecule has 1 heterocycles. The van der Waals surface area contributed by atoms with Crippen LogP contribution in [0.25, 0.3) is 21.9 Å². The highest BCUT2D eigenvalue weighted by atomic mass is 16.3. The van der Waals surface area contributed by atoms with Crippen LogP contribution >= 0.6 is 0 Å². The van der Waals surface area contributed by atoms with E-state index in [4.69, 9.17) is 4.42 Å². The van der Waals surface area contributed by atoms with Crippen LogP contribution in [0.3, 0.4) is 0 Å². The monoisotopic (exact) mass is 184 g/mol. The van der Waals surface area contributed by atoms with Gasteiger partial charge in [-0.2, -0.15) is 4.57 Å². The van der Waals surface area contributed by atoms with E-state index in [0.717, 1.165) is 11.1 Å². The molecule has 0 saturated carbocycles. The smallest absolute Gasteiger partial charge is 0.335 e. The summed E-state index contributed by atoms with van der Waals surface area (Å²) in [5.41, 5.74) is 2.09. The SMILES string of the molecule is C[n+]1coc2ccc3ccccc3c21. The van der Waals surface area contributed by atoms with E-state index in [1.165, 1.54) is 10.8 Å². The van der Waals surface area contributed by atoms with Gasteiger partial charge in [0.1, 0.15) is 7.05 Å². The maximum atomic E-state index is 5.42. The largest absolute Gasteiger partial charge is 0.404 e. The summed E-state index contributed by atoms with van der Waals surface area (Å²) in [7, 11) is 2.00. The first-order chi connectivity index (χ1) is 6.86. The molecule has 0 N–H and O–H groups in total. The van der Waals surface area contributed by atoms with Crippen LogP contribution in [-0.4, -0.2) is 0 Å². The van der Waals surface area contributed by atoms with E-state index in [-0.39, 0.29) is 0 Å². The first kappa shape index (κ1) is 7.56. The Morgan fingerprint density at radius 2 is 1.93 bits per heavy atom. The molecule has 0 aliphatic heterocycles. The highest BCUT2D eigenvalue weighted by Gasteiger charge is 2.12. The van der Waals surface area contributed by atoms with Gasteiger partial charge >= 0.3 is 6.39 Å². The van der Waals surface area contributed by atoms with Gasteiger partial charge in [0.15, 0.2) is 0 Å². The van der Waals surface area contributed by atoms with Crippen molar-refractivity contribution in [2.75, 3.05) is 0 Å². The molecule has 2 heteroatoms. The molecule has 0 atom stereocenters. The van der Waals surface area contributed by atoms with Gasteiger partial charge in [0, 0.05) is 0 Å². The van der Waals surface area contributed by atoms with Crippen molar-refractivity contribution in [2.45, 2.75) is 0 Å². The Hall–Kier alpha value is -1.83. The molecule has 2 aromatic carbocycles. The predicted octanol–water partition coefficient (Wildman–Crippen LogP) is 2.41. The molecule has 0 fully saturated rings. The van der Waals surface area contributed by atoms with Crippen LogP contribution in [0.2, 0.25) is 0 Å². The summed E-state index contributed by atoms with van der Waals surface area (Å²) in [4.78, 5) is 0. The van der Waals surface area contributed by atoms with Gasteiger partial charge < -0.3 is 4.42 Å². The maximum absolute atomic E-state index is 5.42. The number of oxazole rings is 1. The number of rotatable bonds is 0. The maximum Gasteiger partial charge on any atom is 0.335 e. The van der Waals surface area contributed by atoms with Crippen LogP contribution in [0.5, 0.6) is 0 Å². The van der Waals surface area contributed by atoms with Crippen molar-refractivity contribution in [3.05, 3.63) is 42.8 Å². The van der Waals surface area contributed by atoms with Gasteiger partial charge in [0.25, 0.3) is 5.52 Å². The van der Waals surface area contributed by atoms with E-state index in [0.29, 0.717) is 0 Å². The molecule has 0 aliphatic rings. The van der Waals surface area contributed by atoms with Crippen LogP contribution in [0.4, 0.5) is 0 Å². The van der Waals surface area contributed by atoms with Crippen LogP contribution in [0, 0.1) is 0 Å². The Bertz CT molecular complexity index is 610. The van der Waals surface area contributed by atoms with Crippen molar-refractivity contribution in [3.63, 3.8) is 0 Å². The van der Waals surface area contributed by atoms with E-state index in [2.05, 4.69) is 24.3 Å². The second-order valence-electron chi connectivity index (χ2n) is 3.47. The van der Waals surface area contributed by atoms with Gasteiger partial charge in [0.05, 0.1) is 5.39 Å². The van der Waals surface area contributed by atoms with E-state index in [1.807, 2.05) is 23.7 Å². The number of aryl methyl sites for hydroxylation is 1. The topological polar surface area (TPSA) is 17.0 Å². The van der Waals surface area contributed by atoms with Gasteiger partial charge in [-0.1, -0.05) is 24.3 Å². The Morgan fingerprint density at radius 1 is 1.07 bits per heavy atom. The summed E-state index contributed by atoms with van der Waals surface area (Å²) >= 11 is 0. The molecule has 0 unspecified atom stereocenters. The molecule has 68 valence electrons. The molecule has 0 radical (unpaired) electrons. The normalized spacial score (nSPS) is 11.2. The predicted molar refractivity (Wildman–Crippen MR) is 54.9 cm³/mol. The van der Waals surface area contributed by atoms with Crippen molar-refractivity contribution in [3.8, 4) is 0 Å². The van der Waals surface area contributed by atoms with E-state index in [9.17, 15) is 0 Å². The van der Waals surface area contributed by atoms with Crippen LogP contribution in [0.15, 0.2) is 47.2 Å². The summed E-state index contributed by atoms with van der Waals surface area (Å²) in [5.74, 6) is 0. The average molecular weight is 184 g/mol. The second-order valence-corrected chi connectivity index (χ2v) is 3.47. The number of fused-ring (bicyclic) bond motifs is 3. The van der Waals surface area contributed by atoms with E-state index < -0.39 is 0 Å². The Kier molecular flexibility index (Phi) is 1.39. The highest BCUT2D eigenvalue weighted by molar-refractivity contribution is 6.01. The third kappa shape index (κ3) is 0.880. The van der Waals surface area contributed by atoms with Gasteiger partial charge in [-0.3, -0.25) is 0 Å². The average Bonchev–Trinajstić information content (AvgIpc) is 2.61. The van der Waals surface area contributed by atoms with E-state index in [1.54, 1.807) is 6.39 Å². The molecule has 2 nitrogen and oxygen atoms in total. The lowest BCUT2D eigenvalue weighted by Crippen LogP contribution is -2.24. The van der Waals surface area contributed by atoms with Gasteiger partial charge in [-0.15, -0.1) is 0 Å².